The largest absolute Gasteiger partial charge is 0.383 e. The summed E-state index contributed by atoms with van der Waals surface area (Å²) in [6.07, 6.45) is 1.73. The lowest BCUT2D eigenvalue weighted by atomic mass is 10.2. The van der Waals surface area contributed by atoms with E-state index in [2.05, 4.69) is 4.99 Å². The molecule has 3 aromatic rings. The Morgan fingerprint density at radius 3 is 2.40 bits per heavy atom. The lowest BCUT2D eigenvalue weighted by Crippen LogP contribution is -2.30. The Morgan fingerprint density at radius 2 is 1.68 bits per heavy atom. The van der Waals surface area contributed by atoms with Gasteiger partial charge in [-0.1, -0.05) is 42.5 Å². The van der Waals surface area contributed by atoms with Crippen LogP contribution in [0.5, 0.6) is 0 Å². The van der Waals surface area contributed by atoms with Gasteiger partial charge in [-0.05, 0) is 35.4 Å². The van der Waals surface area contributed by atoms with E-state index in [4.69, 9.17) is 5.73 Å². The van der Waals surface area contributed by atoms with Crippen molar-refractivity contribution in [2.24, 2.45) is 10.7 Å². The van der Waals surface area contributed by atoms with Crippen LogP contribution in [-0.2, 0) is 13.1 Å². The Labute approximate surface area is 145 Å². The van der Waals surface area contributed by atoms with Gasteiger partial charge in [0.2, 0.25) is 0 Å². The van der Waals surface area contributed by atoms with Crippen LogP contribution in [0.25, 0.3) is 0 Å². The van der Waals surface area contributed by atoms with Crippen molar-refractivity contribution in [1.29, 1.82) is 0 Å². The molecule has 0 aliphatic carbocycles. The number of halogens is 1. The summed E-state index contributed by atoms with van der Waals surface area (Å²) in [6, 6.07) is 19.2. The van der Waals surface area contributed by atoms with Gasteiger partial charge >= 0.3 is 0 Å². The van der Waals surface area contributed by atoms with Crippen LogP contribution in [0.15, 0.2) is 82.7 Å². The number of amidine groups is 1. The number of aromatic nitrogens is 1. The predicted octanol–water partition coefficient (Wildman–Crippen LogP) is 2.94. The number of benzene rings is 2. The first-order valence-electron chi connectivity index (χ1n) is 7.91. The van der Waals surface area contributed by atoms with Gasteiger partial charge in [-0.25, -0.2) is 4.39 Å². The van der Waals surface area contributed by atoms with E-state index in [9.17, 15) is 9.18 Å². The zero-order valence-corrected chi connectivity index (χ0v) is 13.6. The van der Waals surface area contributed by atoms with Gasteiger partial charge in [-0.3, -0.25) is 9.79 Å². The molecule has 0 fully saturated rings. The van der Waals surface area contributed by atoms with Gasteiger partial charge in [0, 0.05) is 6.20 Å². The molecule has 0 spiro atoms. The number of aliphatic imine (C=N–C) groups is 1. The van der Waals surface area contributed by atoms with Crippen LogP contribution in [0, 0.1) is 5.82 Å². The summed E-state index contributed by atoms with van der Waals surface area (Å²) >= 11 is 0. The molecule has 0 radical (unpaired) electrons. The van der Waals surface area contributed by atoms with Crippen molar-refractivity contribution in [2.75, 3.05) is 0 Å². The summed E-state index contributed by atoms with van der Waals surface area (Å²) in [7, 11) is 0. The second kappa shape index (κ2) is 7.57. The first kappa shape index (κ1) is 16.6. The maximum atomic E-state index is 12.9. The van der Waals surface area contributed by atoms with Crippen molar-refractivity contribution in [2.45, 2.75) is 13.1 Å². The third-order valence-electron chi connectivity index (χ3n) is 3.84. The molecule has 0 saturated carbocycles. The highest BCUT2D eigenvalue weighted by molar-refractivity contribution is 5.97. The molecule has 0 amide bonds. The zero-order valence-electron chi connectivity index (χ0n) is 13.6. The van der Waals surface area contributed by atoms with Gasteiger partial charge in [-0.2, -0.15) is 0 Å². The smallest absolute Gasteiger partial charge is 0.261 e. The van der Waals surface area contributed by atoms with Crippen molar-refractivity contribution in [3.05, 3.63) is 106 Å². The maximum Gasteiger partial charge on any atom is 0.261 e. The fourth-order valence-corrected chi connectivity index (χ4v) is 2.49. The number of nitrogens with zero attached hydrogens (tertiary/aromatic N) is 2. The maximum absolute atomic E-state index is 12.9. The average Bonchev–Trinajstić information content (AvgIpc) is 2.63. The monoisotopic (exact) mass is 335 g/mol. The van der Waals surface area contributed by atoms with Crippen LogP contribution in [0.2, 0.25) is 0 Å². The Balaban J connectivity index is 1.82. The minimum absolute atomic E-state index is 0.178. The molecule has 0 saturated heterocycles. The summed E-state index contributed by atoms with van der Waals surface area (Å²) in [5, 5.41) is 0. The van der Waals surface area contributed by atoms with E-state index in [1.165, 1.54) is 12.1 Å². The lowest BCUT2D eigenvalue weighted by Gasteiger charge is -2.08. The third-order valence-corrected chi connectivity index (χ3v) is 3.84. The number of hydrogen-bond acceptors (Lipinski definition) is 2. The Hall–Kier alpha value is -3.21. The molecule has 1 heterocycles. The molecule has 0 unspecified atom stereocenters. The van der Waals surface area contributed by atoms with E-state index in [1.54, 1.807) is 35.0 Å². The Morgan fingerprint density at radius 1 is 0.960 bits per heavy atom. The quantitative estimate of drug-likeness (QED) is 0.576. The standard InChI is InChI=1S/C20H18FN3O/c21-17-10-8-15(9-11-17)13-23-19(22)18-7-4-12-24(20(18)25)14-16-5-2-1-3-6-16/h1-12H,13-14H2,(H2,22,23). The molecule has 2 N–H and O–H groups in total. The van der Waals surface area contributed by atoms with Crippen LogP contribution in [0.3, 0.4) is 0 Å². The van der Waals surface area contributed by atoms with E-state index in [-0.39, 0.29) is 17.2 Å². The minimum atomic E-state index is -0.299. The highest BCUT2D eigenvalue weighted by Crippen LogP contribution is 2.05. The number of pyridine rings is 1. The predicted molar refractivity (Wildman–Crippen MR) is 97.1 cm³/mol. The average molecular weight is 335 g/mol. The van der Waals surface area contributed by atoms with Gasteiger partial charge in [0.1, 0.15) is 11.7 Å². The van der Waals surface area contributed by atoms with Crippen molar-refractivity contribution < 1.29 is 4.39 Å². The zero-order chi connectivity index (χ0) is 17.6. The molecule has 0 atom stereocenters. The summed E-state index contributed by atoms with van der Waals surface area (Å²) in [6.45, 7) is 0.762. The van der Waals surface area contributed by atoms with Crippen LogP contribution < -0.4 is 11.3 Å². The topological polar surface area (TPSA) is 60.4 Å². The molecule has 4 nitrogen and oxygen atoms in total. The SMILES string of the molecule is NC(=NCc1ccc(F)cc1)c1cccn(Cc2ccccc2)c1=O. The highest BCUT2D eigenvalue weighted by atomic mass is 19.1. The molecule has 2 aromatic carbocycles. The van der Waals surface area contributed by atoms with Crippen LogP contribution in [-0.4, -0.2) is 10.4 Å². The van der Waals surface area contributed by atoms with Gasteiger partial charge in [0.15, 0.2) is 0 Å². The van der Waals surface area contributed by atoms with E-state index in [0.717, 1.165) is 11.1 Å². The molecular weight excluding hydrogens is 317 g/mol. The van der Waals surface area contributed by atoms with Gasteiger partial charge in [0.05, 0.1) is 18.7 Å². The Kier molecular flexibility index (Phi) is 5.04. The molecule has 126 valence electrons. The summed E-state index contributed by atoms with van der Waals surface area (Å²) in [5.74, 6) is -0.121. The van der Waals surface area contributed by atoms with Crippen LogP contribution in [0.1, 0.15) is 16.7 Å². The van der Waals surface area contributed by atoms with Crippen molar-refractivity contribution in [3.8, 4) is 0 Å². The van der Waals surface area contributed by atoms with E-state index in [1.807, 2.05) is 30.3 Å². The summed E-state index contributed by atoms with van der Waals surface area (Å²) in [4.78, 5) is 16.9. The molecule has 0 bridgehead atoms. The van der Waals surface area contributed by atoms with Crippen LogP contribution >= 0.6 is 0 Å². The highest BCUT2D eigenvalue weighted by Gasteiger charge is 2.07. The van der Waals surface area contributed by atoms with Crippen molar-refractivity contribution in [1.82, 2.24) is 4.57 Å². The summed E-state index contributed by atoms with van der Waals surface area (Å²) in [5.41, 5.74) is 8.03. The molecule has 1 aromatic heterocycles. The fraction of sp³-hybridized carbons (Fsp3) is 0.100. The molecule has 3 rings (SSSR count). The molecule has 0 aliphatic rings. The van der Waals surface area contributed by atoms with Crippen molar-refractivity contribution >= 4 is 5.84 Å². The summed E-state index contributed by atoms with van der Waals surface area (Å²) < 4.78 is 14.5. The molecule has 25 heavy (non-hydrogen) atoms. The van der Waals surface area contributed by atoms with E-state index < -0.39 is 0 Å². The van der Waals surface area contributed by atoms with Gasteiger partial charge in [0.25, 0.3) is 5.56 Å². The molecule has 0 aliphatic heterocycles. The lowest BCUT2D eigenvalue weighted by molar-refractivity contribution is 0.627. The normalized spacial score (nSPS) is 11.5. The van der Waals surface area contributed by atoms with E-state index >= 15 is 0 Å². The molecule has 5 heteroatoms. The number of nitrogens with two attached hydrogens (primary N) is 1. The van der Waals surface area contributed by atoms with Crippen molar-refractivity contribution in [3.63, 3.8) is 0 Å². The Bertz CT molecular complexity index is 931. The minimum Gasteiger partial charge on any atom is -0.383 e. The fourth-order valence-electron chi connectivity index (χ4n) is 2.49. The van der Waals surface area contributed by atoms with Crippen LogP contribution in [0.4, 0.5) is 4.39 Å². The first-order valence-corrected chi connectivity index (χ1v) is 7.91. The third kappa shape index (κ3) is 4.20. The van der Waals surface area contributed by atoms with Gasteiger partial charge in [-0.15, -0.1) is 0 Å². The van der Waals surface area contributed by atoms with E-state index in [0.29, 0.717) is 18.7 Å². The molecular formula is C20H18FN3O. The number of rotatable bonds is 5. The second-order valence-electron chi connectivity index (χ2n) is 5.67. The van der Waals surface area contributed by atoms with Gasteiger partial charge < -0.3 is 10.3 Å². The first-order chi connectivity index (χ1) is 12.1. The number of hydrogen-bond donors (Lipinski definition) is 1. The second-order valence-corrected chi connectivity index (χ2v) is 5.67.